The molecule has 0 aliphatic heterocycles. The number of benzene rings is 2. The molecule has 2 rings (SSSR count). The lowest BCUT2D eigenvalue weighted by Gasteiger charge is -2.18. The normalized spacial score (nSPS) is 11.4. The maximum Gasteiger partial charge on any atom is 0.171 e. The van der Waals surface area contributed by atoms with Gasteiger partial charge in [0.05, 0.1) is 25.9 Å². The highest BCUT2D eigenvalue weighted by atomic mass is 32.1. The van der Waals surface area contributed by atoms with Crippen LogP contribution in [0.15, 0.2) is 48.5 Å². The Labute approximate surface area is 136 Å². The molecule has 0 fully saturated rings. The molecule has 0 bridgehead atoms. The monoisotopic (exact) mass is 316 g/mol. The Morgan fingerprint density at radius 2 is 1.68 bits per heavy atom. The summed E-state index contributed by atoms with van der Waals surface area (Å²) in [5.74, 6) is 1.59. The van der Waals surface area contributed by atoms with Gasteiger partial charge in [0.25, 0.3) is 0 Å². The predicted molar refractivity (Wildman–Crippen MR) is 93.8 cm³/mol. The standard InChI is InChI=1S/C17H20N2O2S/c1-12(13-8-10-14(20-2)11-9-13)18-17(22)19-15-6-4-5-7-16(15)21-3/h4-12H,1-3H3,(H2,18,19,22). The largest absolute Gasteiger partial charge is 0.497 e. The average molecular weight is 316 g/mol. The molecular weight excluding hydrogens is 296 g/mol. The van der Waals surface area contributed by atoms with Gasteiger partial charge < -0.3 is 20.1 Å². The summed E-state index contributed by atoms with van der Waals surface area (Å²) in [4.78, 5) is 0. The zero-order chi connectivity index (χ0) is 15.9. The predicted octanol–water partition coefficient (Wildman–Crippen LogP) is 3.75. The van der Waals surface area contributed by atoms with E-state index in [4.69, 9.17) is 21.7 Å². The van der Waals surface area contributed by atoms with Gasteiger partial charge in [0.2, 0.25) is 0 Å². The molecule has 1 atom stereocenters. The first kappa shape index (κ1) is 16.1. The minimum absolute atomic E-state index is 0.0839. The van der Waals surface area contributed by atoms with Crippen molar-refractivity contribution in [3.8, 4) is 11.5 Å². The van der Waals surface area contributed by atoms with Crippen LogP contribution in [0.1, 0.15) is 18.5 Å². The Morgan fingerprint density at radius 1 is 1.00 bits per heavy atom. The van der Waals surface area contributed by atoms with Crippen LogP contribution in [0.2, 0.25) is 0 Å². The highest BCUT2D eigenvalue weighted by Gasteiger charge is 2.09. The van der Waals surface area contributed by atoms with E-state index in [-0.39, 0.29) is 6.04 Å². The summed E-state index contributed by atoms with van der Waals surface area (Å²) < 4.78 is 10.5. The Morgan fingerprint density at radius 3 is 2.32 bits per heavy atom. The molecule has 0 saturated heterocycles. The van der Waals surface area contributed by atoms with Crippen molar-refractivity contribution in [2.45, 2.75) is 13.0 Å². The van der Waals surface area contributed by atoms with Gasteiger partial charge in [0, 0.05) is 0 Å². The van der Waals surface area contributed by atoms with Gasteiger partial charge in [-0.15, -0.1) is 0 Å². The van der Waals surface area contributed by atoms with Gasteiger partial charge in [-0.1, -0.05) is 24.3 Å². The van der Waals surface area contributed by atoms with E-state index in [0.717, 1.165) is 22.7 Å². The number of hydrogen-bond donors (Lipinski definition) is 2. The molecule has 2 N–H and O–H groups in total. The fourth-order valence-corrected chi connectivity index (χ4v) is 2.37. The number of para-hydroxylation sites is 2. The third-order valence-corrected chi connectivity index (χ3v) is 3.54. The SMILES string of the molecule is COc1ccc(C(C)NC(=S)Nc2ccccc2OC)cc1. The van der Waals surface area contributed by atoms with Crippen molar-refractivity contribution in [2.75, 3.05) is 19.5 Å². The lowest BCUT2D eigenvalue weighted by molar-refractivity contribution is 0.414. The van der Waals surface area contributed by atoms with Gasteiger partial charge in [0.15, 0.2) is 5.11 Å². The van der Waals surface area contributed by atoms with Gasteiger partial charge >= 0.3 is 0 Å². The fraction of sp³-hybridized carbons (Fsp3) is 0.235. The maximum atomic E-state index is 5.37. The van der Waals surface area contributed by atoms with Crippen LogP contribution in [0.4, 0.5) is 5.69 Å². The summed E-state index contributed by atoms with van der Waals surface area (Å²) in [5, 5.41) is 6.96. The Hall–Kier alpha value is -2.27. The highest BCUT2D eigenvalue weighted by molar-refractivity contribution is 7.80. The fourth-order valence-electron chi connectivity index (χ4n) is 2.08. The van der Waals surface area contributed by atoms with Gasteiger partial charge in [0.1, 0.15) is 11.5 Å². The number of rotatable bonds is 5. The molecule has 2 aromatic carbocycles. The zero-order valence-electron chi connectivity index (χ0n) is 12.9. The van der Waals surface area contributed by atoms with E-state index in [1.54, 1.807) is 14.2 Å². The molecule has 1 unspecified atom stereocenters. The number of hydrogen-bond acceptors (Lipinski definition) is 3. The van der Waals surface area contributed by atoms with Crippen LogP contribution in [0, 0.1) is 0 Å². The van der Waals surface area contributed by atoms with Gasteiger partial charge in [-0.05, 0) is 49.0 Å². The molecule has 0 amide bonds. The number of nitrogens with one attached hydrogen (secondary N) is 2. The average Bonchev–Trinajstić information content (AvgIpc) is 2.55. The Balaban J connectivity index is 1.98. The first-order valence-corrected chi connectivity index (χ1v) is 7.39. The van der Waals surface area contributed by atoms with Gasteiger partial charge in [-0.25, -0.2) is 0 Å². The lowest BCUT2D eigenvalue weighted by atomic mass is 10.1. The molecule has 5 heteroatoms. The molecule has 4 nitrogen and oxygen atoms in total. The molecule has 0 aliphatic rings. The minimum atomic E-state index is 0.0839. The summed E-state index contributed by atoms with van der Waals surface area (Å²) in [7, 11) is 3.29. The molecule has 0 saturated carbocycles. The number of ether oxygens (including phenoxy) is 2. The summed E-state index contributed by atoms with van der Waals surface area (Å²) in [5.41, 5.74) is 1.97. The van der Waals surface area contributed by atoms with Crippen LogP contribution in [0.25, 0.3) is 0 Å². The second-order valence-electron chi connectivity index (χ2n) is 4.79. The zero-order valence-corrected chi connectivity index (χ0v) is 13.7. The third kappa shape index (κ3) is 4.11. The van der Waals surface area contributed by atoms with E-state index in [1.807, 2.05) is 48.5 Å². The smallest absolute Gasteiger partial charge is 0.171 e. The van der Waals surface area contributed by atoms with Crippen LogP contribution in [-0.2, 0) is 0 Å². The Kier molecular flexibility index (Phi) is 5.61. The van der Waals surface area contributed by atoms with Crippen LogP contribution in [0.3, 0.4) is 0 Å². The number of methoxy groups -OCH3 is 2. The first-order chi connectivity index (χ1) is 10.6. The second-order valence-corrected chi connectivity index (χ2v) is 5.20. The minimum Gasteiger partial charge on any atom is -0.497 e. The molecule has 116 valence electrons. The van der Waals surface area contributed by atoms with E-state index in [0.29, 0.717) is 5.11 Å². The second kappa shape index (κ2) is 7.66. The van der Waals surface area contributed by atoms with Crippen molar-refractivity contribution >= 4 is 23.0 Å². The summed E-state index contributed by atoms with van der Waals surface area (Å²) in [6, 6.07) is 15.6. The van der Waals surface area contributed by atoms with Crippen molar-refractivity contribution in [1.29, 1.82) is 0 Å². The van der Waals surface area contributed by atoms with Crippen molar-refractivity contribution in [1.82, 2.24) is 5.32 Å². The molecule has 0 aliphatic carbocycles. The molecule has 22 heavy (non-hydrogen) atoms. The van der Waals surface area contributed by atoms with E-state index in [1.165, 1.54) is 0 Å². The lowest BCUT2D eigenvalue weighted by Crippen LogP contribution is -2.31. The van der Waals surface area contributed by atoms with E-state index in [9.17, 15) is 0 Å². The van der Waals surface area contributed by atoms with Crippen molar-refractivity contribution in [3.05, 3.63) is 54.1 Å². The highest BCUT2D eigenvalue weighted by Crippen LogP contribution is 2.23. The third-order valence-electron chi connectivity index (χ3n) is 3.32. The quantitative estimate of drug-likeness (QED) is 0.822. The first-order valence-electron chi connectivity index (χ1n) is 6.98. The van der Waals surface area contributed by atoms with Crippen LogP contribution in [-0.4, -0.2) is 19.3 Å². The number of anilines is 1. The Bertz CT molecular complexity index is 629. The van der Waals surface area contributed by atoms with Crippen molar-refractivity contribution in [3.63, 3.8) is 0 Å². The molecular formula is C17H20N2O2S. The van der Waals surface area contributed by atoms with E-state index >= 15 is 0 Å². The van der Waals surface area contributed by atoms with Crippen molar-refractivity contribution in [2.24, 2.45) is 0 Å². The van der Waals surface area contributed by atoms with Gasteiger partial charge in [-0.2, -0.15) is 0 Å². The van der Waals surface area contributed by atoms with Crippen LogP contribution < -0.4 is 20.1 Å². The molecule has 0 radical (unpaired) electrons. The summed E-state index contributed by atoms with van der Waals surface area (Å²) >= 11 is 5.37. The van der Waals surface area contributed by atoms with Crippen LogP contribution >= 0.6 is 12.2 Å². The molecule has 2 aromatic rings. The number of thiocarbonyl (C=S) groups is 1. The molecule has 0 spiro atoms. The summed E-state index contributed by atoms with van der Waals surface area (Å²) in [6.07, 6.45) is 0. The maximum absolute atomic E-state index is 5.37. The van der Waals surface area contributed by atoms with Gasteiger partial charge in [-0.3, -0.25) is 0 Å². The van der Waals surface area contributed by atoms with Crippen molar-refractivity contribution < 1.29 is 9.47 Å². The topological polar surface area (TPSA) is 42.5 Å². The molecule has 0 aromatic heterocycles. The van der Waals surface area contributed by atoms with E-state index < -0.39 is 0 Å². The molecule has 0 heterocycles. The van der Waals surface area contributed by atoms with Crippen LogP contribution in [0.5, 0.6) is 11.5 Å². The van der Waals surface area contributed by atoms with E-state index in [2.05, 4.69) is 17.6 Å². The summed E-state index contributed by atoms with van der Waals surface area (Å²) in [6.45, 7) is 2.05.